The molecule has 0 atom stereocenters. The fraction of sp³-hybridized carbons (Fsp3) is 0.412. The first-order valence-electron chi connectivity index (χ1n) is 7.44. The number of hydrogen-bond acceptors (Lipinski definition) is 3. The van der Waals surface area contributed by atoms with Crippen LogP contribution in [0.15, 0.2) is 36.7 Å². The lowest BCUT2D eigenvalue weighted by molar-refractivity contribution is 0.204. The monoisotopic (exact) mass is 280 g/mol. The number of benzene rings is 1. The molecule has 1 aromatic carbocycles. The SMILES string of the molecule is Cn1cc(C2CCN(Cc3cccc(C#N)c3)CC2)cn1. The molecular weight excluding hydrogens is 260 g/mol. The van der Waals surface area contributed by atoms with Crippen molar-refractivity contribution < 1.29 is 0 Å². The van der Waals surface area contributed by atoms with Crippen LogP contribution in [0, 0.1) is 11.3 Å². The van der Waals surface area contributed by atoms with Crippen LogP contribution in [0.2, 0.25) is 0 Å². The summed E-state index contributed by atoms with van der Waals surface area (Å²) in [5.74, 6) is 0.639. The standard InChI is InChI=1S/C17H20N4/c1-20-13-17(11-19-20)16-5-7-21(8-6-16)12-15-4-2-3-14(9-15)10-18/h2-4,9,11,13,16H,5-8,12H2,1H3. The Balaban J connectivity index is 1.57. The van der Waals surface area contributed by atoms with Crippen molar-refractivity contribution in [2.45, 2.75) is 25.3 Å². The molecule has 1 aliphatic rings. The van der Waals surface area contributed by atoms with Gasteiger partial charge in [0.05, 0.1) is 17.8 Å². The number of aromatic nitrogens is 2. The van der Waals surface area contributed by atoms with Crippen LogP contribution in [0.5, 0.6) is 0 Å². The van der Waals surface area contributed by atoms with Crippen molar-refractivity contribution in [3.63, 3.8) is 0 Å². The van der Waals surface area contributed by atoms with Gasteiger partial charge in [-0.2, -0.15) is 10.4 Å². The van der Waals surface area contributed by atoms with E-state index < -0.39 is 0 Å². The topological polar surface area (TPSA) is 44.9 Å². The van der Waals surface area contributed by atoms with Crippen LogP contribution < -0.4 is 0 Å². The average molecular weight is 280 g/mol. The van der Waals surface area contributed by atoms with E-state index in [1.54, 1.807) is 0 Å². The van der Waals surface area contributed by atoms with Gasteiger partial charge in [-0.05, 0) is 55.1 Å². The van der Waals surface area contributed by atoms with Gasteiger partial charge in [-0.1, -0.05) is 12.1 Å². The predicted octanol–water partition coefficient (Wildman–Crippen LogP) is 2.67. The van der Waals surface area contributed by atoms with Crippen LogP contribution in [0.3, 0.4) is 0 Å². The molecule has 0 aliphatic carbocycles. The highest BCUT2D eigenvalue weighted by Crippen LogP contribution is 2.28. The molecule has 0 unspecified atom stereocenters. The predicted molar refractivity (Wildman–Crippen MR) is 81.6 cm³/mol. The molecule has 108 valence electrons. The van der Waals surface area contributed by atoms with Crippen LogP contribution in [0.1, 0.15) is 35.4 Å². The Morgan fingerprint density at radius 3 is 2.81 bits per heavy atom. The summed E-state index contributed by atoms with van der Waals surface area (Å²) in [4.78, 5) is 2.48. The summed E-state index contributed by atoms with van der Waals surface area (Å²) in [6, 6.07) is 10.1. The maximum Gasteiger partial charge on any atom is 0.0991 e. The number of aryl methyl sites for hydroxylation is 1. The van der Waals surface area contributed by atoms with E-state index in [-0.39, 0.29) is 0 Å². The first-order chi connectivity index (χ1) is 10.2. The van der Waals surface area contributed by atoms with Crippen molar-refractivity contribution in [1.82, 2.24) is 14.7 Å². The average Bonchev–Trinajstić information content (AvgIpc) is 2.95. The van der Waals surface area contributed by atoms with E-state index in [0.29, 0.717) is 5.92 Å². The number of nitrogens with zero attached hydrogens (tertiary/aromatic N) is 4. The van der Waals surface area contributed by atoms with Crippen LogP contribution in [0.25, 0.3) is 0 Å². The minimum atomic E-state index is 0.639. The van der Waals surface area contributed by atoms with Gasteiger partial charge in [-0.3, -0.25) is 9.58 Å². The zero-order valence-corrected chi connectivity index (χ0v) is 12.4. The third-order valence-corrected chi connectivity index (χ3v) is 4.25. The minimum absolute atomic E-state index is 0.639. The zero-order valence-electron chi connectivity index (χ0n) is 12.4. The Kier molecular flexibility index (Phi) is 4.03. The Hall–Kier alpha value is -2.12. The molecule has 4 heteroatoms. The van der Waals surface area contributed by atoms with Gasteiger partial charge in [0.15, 0.2) is 0 Å². The number of nitriles is 1. The van der Waals surface area contributed by atoms with Crippen LogP contribution in [-0.4, -0.2) is 27.8 Å². The summed E-state index contributed by atoms with van der Waals surface area (Å²) in [6.07, 6.45) is 6.50. The van der Waals surface area contributed by atoms with E-state index in [2.05, 4.69) is 28.3 Å². The summed E-state index contributed by atoms with van der Waals surface area (Å²) in [6.45, 7) is 3.15. The number of rotatable bonds is 3. The number of likely N-dealkylation sites (tertiary alicyclic amines) is 1. The van der Waals surface area contributed by atoms with E-state index >= 15 is 0 Å². The van der Waals surface area contributed by atoms with Gasteiger partial charge >= 0.3 is 0 Å². The third-order valence-electron chi connectivity index (χ3n) is 4.25. The van der Waals surface area contributed by atoms with E-state index in [0.717, 1.165) is 25.2 Å². The molecule has 2 aromatic rings. The molecule has 0 N–H and O–H groups in total. The summed E-state index contributed by atoms with van der Waals surface area (Å²) < 4.78 is 1.88. The quantitative estimate of drug-likeness (QED) is 0.868. The summed E-state index contributed by atoms with van der Waals surface area (Å²) in [7, 11) is 1.97. The van der Waals surface area contributed by atoms with E-state index in [1.165, 1.54) is 24.0 Å². The van der Waals surface area contributed by atoms with Crippen molar-refractivity contribution in [1.29, 1.82) is 5.26 Å². The lowest BCUT2D eigenvalue weighted by Crippen LogP contribution is -2.32. The zero-order chi connectivity index (χ0) is 14.7. The Labute approximate surface area is 125 Å². The number of hydrogen-bond donors (Lipinski definition) is 0. The van der Waals surface area contributed by atoms with Gasteiger partial charge in [0.2, 0.25) is 0 Å². The fourth-order valence-electron chi connectivity index (χ4n) is 3.07. The molecule has 21 heavy (non-hydrogen) atoms. The van der Waals surface area contributed by atoms with Gasteiger partial charge in [0, 0.05) is 19.8 Å². The van der Waals surface area contributed by atoms with Crippen molar-refractivity contribution in [3.8, 4) is 6.07 Å². The lowest BCUT2D eigenvalue weighted by Gasteiger charge is -2.31. The Bertz CT molecular complexity index is 645. The lowest BCUT2D eigenvalue weighted by atomic mass is 9.91. The molecule has 0 amide bonds. The molecule has 1 aromatic heterocycles. The maximum absolute atomic E-state index is 8.96. The summed E-state index contributed by atoms with van der Waals surface area (Å²) in [5.41, 5.74) is 3.34. The molecule has 2 heterocycles. The number of piperidine rings is 1. The second kappa shape index (κ2) is 6.11. The highest BCUT2D eigenvalue weighted by atomic mass is 15.2. The summed E-state index contributed by atoms with van der Waals surface area (Å²) >= 11 is 0. The van der Waals surface area contributed by atoms with Crippen LogP contribution >= 0.6 is 0 Å². The van der Waals surface area contributed by atoms with Crippen LogP contribution in [0.4, 0.5) is 0 Å². The normalized spacial score (nSPS) is 16.8. The fourth-order valence-corrected chi connectivity index (χ4v) is 3.07. The molecule has 0 bridgehead atoms. The van der Waals surface area contributed by atoms with Crippen molar-refractivity contribution in [3.05, 3.63) is 53.3 Å². The van der Waals surface area contributed by atoms with Gasteiger partial charge in [-0.15, -0.1) is 0 Å². The molecule has 0 radical (unpaired) electrons. The van der Waals surface area contributed by atoms with Gasteiger partial charge in [0.25, 0.3) is 0 Å². The third kappa shape index (κ3) is 3.32. The highest BCUT2D eigenvalue weighted by Gasteiger charge is 2.21. The largest absolute Gasteiger partial charge is 0.299 e. The molecule has 0 saturated carbocycles. The molecule has 1 saturated heterocycles. The van der Waals surface area contributed by atoms with Crippen molar-refractivity contribution in [2.75, 3.05) is 13.1 Å². The summed E-state index contributed by atoms with van der Waals surface area (Å²) in [5, 5.41) is 13.2. The van der Waals surface area contributed by atoms with Gasteiger partial charge in [0.1, 0.15) is 0 Å². The van der Waals surface area contributed by atoms with E-state index in [9.17, 15) is 0 Å². The molecule has 3 rings (SSSR count). The highest BCUT2D eigenvalue weighted by molar-refractivity contribution is 5.32. The molecule has 1 fully saturated rings. The van der Waals surface area contributed by atoms with Gasteiger partial charge < -0.3 is 0 Å². The van der Waals surface area contributed by atoms with Crippen molar-refractivity contribution >= 4 is 0 Å². The van der Waals surface area contributed by atoms with E-state index in [4.69, 9.17) is 5.26 Å². The second-order valence-electron chi connectivity index (χ2n) is 5.81. The molecule has 0 spiro atoms. The molecule has 1 aliphatic heterocycles. The molecular formula is C17H20N4. The molecule has 4 nitrogen and oxygen atoms in total. The first kappa shape index (κ1) is 13.8. The van der Waals surface area contributed by atoms with Crippen LogP contribution in [-0.2, 0) is 13.6 Å². The van der Waals surface area contributed by atoms with E-state index in [1.807, 2.05) is 36.1 Å². The maximum atomic E-state index is 8.96. The first-order valence-corrected chi connectivity index (χ1v) is 7.44. The Morgan fingerprint density at radius 1 is 1.33 bits per heavy atom. The van der Waals surface area contributed by atoms with Gasteiger partial charge in [-0.25, -0.2) is 0 Å². The Morgan fingerprint density at radius 2 is 2.14 bits per heavy atom. The smallest absolute Gasteiger partial charge is 0.0991 e. The van der Waals surface area contributed by atoms with Crippen molar-refractivity contribution in [2.24, 2.45) is 7.05 Å². The second-order valence-corrected chi connectivity index (χ2v) is 5.81. The minimum Gasteiger partial charge on any atom is -0.299 e.